The quantitative estimate of drug-likeness (QED) is 0.652. The first kappa shape index (κ1) is 13.5. The van der Waals surface area contributed by atoms with E-state index < -0.39 is 23.7 Å². The first-order valence-corrected chi connectivity index (χ1v) is 6.69. The number of ether oxygens (including phenoxy) is 2. The second-order valence-electron chi connectivity index (χ2n) is 5.22. The number of fused-ring (bicyclic) bond motifs is 4. The van der Waals surface area contributed by atoms with E-state index in [1.807, 2.05) is 24.3 Å². The van der Waals surface area contributed by atoms with E-state index in [2.05, 4.69) is 17.2 Å². The molecule has 0 aromatic heterocycles. The van der Waals surface area contributed by atoms with Crippen LogP contribution in [0.2, 0.25) is 0 Å². The molecule has 1 aromatic rings. The highest BCUT2D eigenvalue weighted by molar-refractivity contribution is 5.84. The molecule has 1 saturated heterocycles. The predicted octanol–water partition coefficient (Wildman–Crippen LogP) is 1.49. The SMILES string of the molecule is C=CCOC(=O)[C@H]1[C@@H]2NC(=O)N[C@@]1(C)Oc1ccccc12. The van der Waals surface area contributed by atoms with Gasteiger partial charge in [-0.05, 0) is 13.0 Å². The number of urea groups is 1. The van der Waals surface area contributed by atoms with Gasteiger partial charge in [-0.25, -0.2) is 4.79 Å². The Balaban J connectivity index is 2.03. The molecule has 2 bridgehead atoms. The Bertz CT molecular complexity index is 615. The number of carbonyl (C=O) groups excluding carboxylic acids is 2. The van der Waals surface area contributed by atoms with Crippen molar-refractivity contribution in [3.05, 3.63) is 42.5 Å². The number of para-hydroxylation sites is 1. The van der Waals surface area contributed by atoms with Gasteiger partial charge in [-0.15, -0.1) is 0 Å². The molecule has 0 unspecified atom stereocenters. The molecule has 3 atom stereocenters. The number of nitrogens with one attached hydrogen (secondary N) is 2. The molecule has 0 aliphatic carbocycles. The Morgan fingerprint density at radius 1 is 1.52 bits per heavy atom. The molecule has 2 heterocycles. The molecule has 3 rings (SSSR count). The zero-order valence-corrected chi connectivity index (χ0v) is 11.6. The minimum Gasteiger partial charge on any atom is -0.467 e. The van der Waals surface area contributed by atoms with Crippen LogP contribution in [0.25, 0.3) is 0 Å². The molecule has 0 radical (unpaired) electrons. The van der Waals surface area contributed by atoms with Gasteiger partial charge < -0.3 is 14.8 Å². The maximum atomic E-state index is 12.4. The van der Waals surface area contributed by atoms with E-state index in [0.29, 0.717) is 5.75 Å². The normalized spacial score (nSPS) is 29.3. The summed E-state index contributed by atoms with van der Waals surface area (Å²) in [5, 5.41) is 5.45. The van der Waals surface area contributed by atoms with Gasteiger partial charge in [-0.1, -0.05) is 30.9 Å². The van der Waals surface area contributed by atoms with Gasteiger partial charge in [0.15, 0.2) is 5.72 Å². The van der Waals surface area contributed by atoms with Crippen molar-refractivity contribution >= 4 is 12.0 Å². The lowest BCUT2D eigenvalue weighted by Gasteiger charge is -2.48. The van der Waals surface area contributed by atoms with Crippen molar-refractivity contribution in [3.63, 3.8) is 0 Å². The van der Waals surface area contributed by atoms with Crippen molar-refractivity contribution in [2.45, 2.75) is 18.7 Å². The van der Waals surface area contributed by atoms with E-state index >= 15 is 0 Å². The zero-order valence-electron chi connectivity index (χ0n) is 11.6. The lowest BCUT2D eigenvalue weighted by Crippen LogP contribution is -2.70. The lowest BCUT2D eigenvalue weighted by molar-refractivity contribution is -0.162. The van der Waals surface area contributed by atoms with Crippen LogP contribution in [0.15, 0.2) is 36.9 Å². The summed E-state index contributed by atoms with van der Waals surface area (Å²) in [6, 6.07) is 6.47. The van der Waals surface area contributed by atoms with Gasteiger partial charge in [0.05, 0.1) is 6.04 Å². The van der Waals surface area contributed by atoms with Crippen LogP contribution in [0.4, 0.5) is 4.79 Å². The summed E-state index contributed by atoms with van der Waals surface area (Å²) in [6.07, 6.45) is 1.50. The summed E-state index contributed by atoms with van der Waals surface area (Å²) in [7, 11) is 0. The number of hydrogen-bond acceptors (Lipinski definition) is 4. The van der Waals surface area contributed by atoms with Crippen LogP contribution in [-0.4, -0.2) is 24.3 Å². The molecule has 1 aromatic carbocycles. The molecule has 2 aliphatic rings. The first-order chi connectivity index (χ1) is 10.0. The van der Waals surface area contributed by atoms with Crippen LogP contribution in [-0.2, 0) is 9.53 Å². The van der Waals surface area contributed by atoms with Gasteiger partial charge in [0.1, 0.15) is 18.3 Å². The fraction of sp³-hybridized carbons (Fsp3) is 0.333. The number of benzene rings is 1. The van der Waals surface area contributed by atoms with E-state index in [4.69, 9.17) is 9.47 Å². The molecule has 6 nitrogen and oxygen atoms in total. The van der Waals surface area contributed by atoms with E-state index in [-0.39, 0.29) is 12.6 Å². The number of esters is 1. The Morgan fingerprint density at radius 2 is 2.29 bits per heavy atom. The molecule has 21 heavy (non-hydrogen) atoms. The molecule has 1 fully saturated rings. The van der Waals surface area contributed by atoms with Crippen LogP contribution >= 0.6 is 0 Å². The summed E-state index contributed by atoms with van der Waals surface area (Å²) >= 11 is 0. The second-order valence-corrected chi connectivity index (χ2v) is 5.22. The van der Waals surface area contributed by atoms with Gasteiger partial charge in [0.2, 0.25) is 0 Å². The fourth-order valence-corrected chi connectivity index (χ4v) is 2.88. The monoisotopic (exact) mass is 288 g/mol. The van der Waals surface area contributed by atoms with Crippen LogP contribution < -0.4 is 15.4 Å². The smallest absolute Gasteiger partial charge is 0.318 e. The molecule has 2 amide bonds. The number of amides is 2. The predicted molar refractivity (Wildman–Crippen MR) is 74.5 cm³/mol. The van der Waals surface area contributed by atoms with Crippen molar-refractivity contribution in [1.82, 2.24) is 10.6 Å². The Morgan fingerprint density at radius 3 is 3.05 bits per heavy atom. The molecule has 6 heteroatoms. The third-order valence-corrected chi connectivity index (χ3v) is 3.75. The Hall–Kier alpha value is -2.50. The minimum absolute atomic E-state index is 0.119. The van der Waals surface area contributed by atoms with E-state index in [0.717, 1.165) is 5.56 Å². The first-order valence-electron chi connectivity index (χ1n) is 6.69. The standard InChI is InChI=1S/C15H16N2O4/c1-3-8-20-13(18)11-12-9-6-4-5-7-10(9)21-15(11,2)17-14(19)16-12/h3-7,11-12H,1,8H2,2H3,(H2,16,17,19)/t11-,12-,15+/m1/s1. The molecular weight excluding hydrogens is 272 g/mol. The summed E-state index contributed by atoms with van der Waals surface area (Å²) in [4.78, 5) is 24.2. The summed E-state index contributed by atoms with van der Waals surface area (Å²) in [6.45, 7) is 5.32. The molecular formula is C15H16N2O4. The highest BCUT2D eigenvalue weighted by Crippen LogP contribution is 2.44. The maximum Gasteiger partial charge on any atom is 0.318 e. The van der Waals surface area contributed by atoms with E-state index in [1.54, 1.807) is 6.92 Å². The van der Waals surface area contributed by atoms with E-state index in [1.165, 1.54) is 6.08 Å². The summed E-state index contributed by atoms with van der Waals surface area (Å²) in [5.41, 5.74) is -0.370. The van der Waals surface area contributed by atoms with Crippen LogP contribution in [0.5, 0.6) is 5.75 Å². The van der Waals surface area contributed by atoms with Gasteiger partial charge >= 0.3 is 12.0 Å². The van der Waals surface area contributed by atoms with Gasteiger partial charge in [0, 0.05) is 5.56 Å². The topological polar surface area (TPSA) is 76.7 Å². The second kappa shape index (κ2) is 4.80. The average molecular weight is 288 g/mol. The van der Waals surface area contributed by atoms with Gasteiger partial charge in [-0.3, -0.25) is 10.1 Å². The third-order valence-electron chi connectivity index (χ3n) is 3.75. The van der Waals surface area contributed by atoms with Crippen molar-refractivity contribution in [2.24, 2.45) is 5.92 Å². The summed E-state index contributed by atoms with van der Waals surface area (Å²) < 4.78 is 11.0. The molecule has 2 N–H and O–H groups in total. The minimum atomic E-state index is -1.14. The average Bonchev–Trinajstić information content (AvgIpc) is 2.43. The molecule has 2 aliphatic heterocycles. The van der Waals surface area contributed by atoms with Crippen molar-refractivity contribution in [2.75, 3.05) is 6.61 Å². The lowest BCUT2D eigenvalue weighted by atomic mass is 9.80. The number of hydrogen-bond donors (Lipinski definition) is 2. The number of rotatable bonds is 3. The van der Waals surface area contributed by atoms with Crippen LogP contribution in [0.3, 0.4) is 0 Å². The zero-order chi connectivity index (χ0) is 15.0. The van der Waals surface area contributed by atoms with Gasteiger partial charge in [-0.2, -0.15) is 0 Å². The molecule has 110 valence electrons. The largest absolute Gasteiger partial charge is 0.467 e. The third kappa shape index (κ3) is 2.12. The van der Waals surface area contributed by atoms with Crippen molar-refractivity contribution in [1.29, 1.82) is 0 Å². The number of carbonyl (C=O) groups is 2. The summed E-state index contributed by atoms with van der Waals surface area (Å²) in [5.74, 6) is -0.472. The van der Waals surface area contributed by atoms with E-state index in [9.17, 15) is 9.59 Å². The highest BCUT2D eigenvalue weighted by atomic mass is 16.5. The van der Waals surface area contributed by atoms with Gasteiger partial charge in [0.25, 0.3) is 0 Å². The maximum absolute atomic E-state index is 12.4. The molecule has 0 spiro atoms. The van der Waals surface area contributed by atoms with Crippen molar-refractivity contribution < 1.29 is 19.1 Å². The highest BCUT2D eigenvalue weighted by Gasteiger charge is 2.56. The Kier molecular flexibility index (Phi) is 3.08. The van der Waals surface area contributed by atoms with Crippen molar-refractivity contribution in [3.8, 4) is 5.75 Å². The van der Waals surface area contributed by atoms with Crippen LogP contribution in [0, 0.1) is 5.92 Å². The Labute approximate surface area is 122 Å². The fourth-order valence-electron chi connectivity index (χ4n) is 2.88. The van der Waals surface area contributed by atoms with Crippen LogP contribution in [0.1, 0.15) is 18.5 Å². The molecule has 0 saturated carbocycles.